The Bertz CT molecular complexity index is 1240. The van der Waals surface area contributed by atoms with Crippen molar-refractivity contribution in [3.8, 4) is 5.82 Å². The summed E-state index contributed by atoms with van der Waals surface area (Å²) in [6.45, 7) is 0. The molecule has 0 aliphatic carbocycles. The second-order valence-corrected chi connectivity index (χ2v) is 6.17. The van der Waals surface area contributed by atoms with Crippen LogP contribution in [0.3, 0.4) is 0 Å². The summed E-state index contributed by atoms with van der Waals surface area (Å²) in [7, 11) is 0. The van der Waals surface area contributed by atoms with Gasteiger partial charge in [-0.2, -0.15) is 4.68 Å². The first-order valence-corrected chi connectivity index (χ1v) is 8.54. The molecule has 144 valence electrons. The number of hydrazine groups is 1. The van der Waals surface area contributed by atoms with Gasteiger partial charge in [0.2, 0.25) is 11.6 Å². The van der Waals surface area contributed by atoms with E-state index in [1.165, 1.54) is 10.7 Å². The minimum absolute atomic E-state index is 0.0989. The lowest BCUT2D eigenvalue weighted by Crippen LogP contribution is -2.30. The lowest BCUT2D eigenvalue weighted by atomic mass is 10.2. The number of aromatic nitrogens is 5. The van der Waals surface area contributed by atoms with E-state index in [-0.39, 0.29) is 17.2 Å². The van der Waals surface area contributed by atoms with Crippen molar-refractivity contribution in [2.24, 2.45) is 0 Å². The highest BCUT2D eigenvalue weighted by atomic mass is 35.5. The Morgan fingerprint density at radius 3 is 2.76 bits per heavy atom. The summed E-state index contributed by atoms with van der Waals surface area (Å²) >= 11 is 5.87. The second-order valence-electron chi connectivity index (χ2n) is 5.73. The zero-order valence-corrected chi connectivity index (χ0v) is 15.2. The molecule has 2 aromatic heterocycles. The number of para-hydroxylation sites is 1. The molecule has 4 aromatic rings. The molecule has 0 unspecified atom stereocenters. The molecular formula is C17H11ClN8O3. The minimum Gasteiger partial charge on any atom is -0.276 e. The topological polar surface area (TPSA) is 141 Å². The van der Waals surface area contributed by atoms with E-state index in [0.717, 1.165) is 6.33 Å². The van der Waals surface area contributed by atoms with Crippen molar-refractivity contribution in [3.05, 3.63) is 75.6 Å². The maximum atomic E-state index is 12.3. The molecule has 0 aliphatic rings. The van der Waals surface area contributed by atoms with E-state index in [9.17, 15) is 14.9 Å². The summed E-state index contributed by atoms with van der Waals surface area (Å²) in [5.41, 5.74) is 5.69. The number of nitro groups is 1. The van der Waals surface area contributed by atoms with Crippen molar-refractivity contribution in [2.75, 3.05) is 5.43 Å². The molecule has 29 heavy (non-hydrogen) atoms. The third-order valence-electron chi connectivity index (χ3n) is 3.92. The molecule has 2 heterocycles. The monoisotopic (exact) mass is 410 g/mol. The zero-order valence-electron chi connectivity index (χ0n) is 14.5. The molecule has 1 amide bonds. The summed E-state index contributed by atoms with van der Waals surface area (Å²) in [5.74, 6) is -0.860. The van der Waals surface area contributed by atoms with Crippen LogP contribution in [0.4, 0.5) is 11.5 Å². The molecule has 0 saturated heterocycles. The highest BCUT2D eigenvalue weighted by molar-refractivity contribution is 6.30. The van der Waals surface area contributed by atoms with Crippen molar-refractivity contribution in [3.63, 3.8) is 0 Å². The lowest BCUT2D eigenvalue weighted by Gasteiger charge is -2.10. The molecule has 0 aliphatic heterocycles. The molecule has 0 saturated carbocycles. The second kappa shape index (κ2) is 7.48. The maximum absolute atomic E-state index is 12.3. The number of carbonyl (C=O) groups is 1. The standard InChI is InChI=1S/C17H11ClN8O3/c18-11-5-3-4-10(8-11)17(27)23-22-15-14(26(28)29)16(20-9-19-15)25-13-7-2-1-6-12(13)21-24-25/h1-9H,(H,23,27)(H,19,20,22). The predicted octanol–water partition coefficient (Wildman–Crippen LogP) is 2.53. The molecule has 0 spiro atoms. The van der Waals surface area contributed by atoms with Crippen LogP contribution < -0.4 is 10.9 Å². The number of fused-ring (bicyclic) bond motifs is 1. The van der Waals surface area contributed by atoms with Crippen LogP contribution in [-0.2, 0) is 0 Å². The van der Waals surface area contributed by atoms with Gasteiger partial charge in [-0.3, -0.25) is 25.8 Å². The smallest absolute Gasteiger partial charge is 0.276 e. The molecule has 0 atom stereocenters. The van der Waals surface area contributed by atoms with Gasteiger partial charge in [0, 0.05) is 10.6 Å². The van der Waals surface area contributed by atoms with Gasteiger partial charge in [-0.15, -0.1) is 5.10 Å². The van der Waals surface area contributed by atoms with Crippen LogP contribution in [0.15, 0.2) is 54.9 Å². The van der Waals surface area contributed by atoms with E-state index >= 15 is 0 Å². The highest BCUT2D eigenvalue weighted by Crippen LogP contribution is 2.28. The summed E-state index contributed by atoms with van der Waals surface area (Å²) < 4.78 is 1.24. The van der Waals surface area contributed by atoms with E-state index in [4.69, 9.17) is 11.6 Å². The summed E-state index contributed by atoms with van der Waals surface area (Å²) in [5, 5.41) is 20.0. The largest absolute Gasteiger partial charge is 0.357 e. The van der Waals surface area contributed by atoms with Gasteiger partial charge in [0.25, 0.3) is 5.91 Å². The first-order chi connectivity index (χ1) is 14.0. The summed E-state index contributed by atoms with van der Waals surface area (Å²) in [6, 6.07) is 13.2. The molecule has 4 rings (SSSR count). The SMILES string of the molecule is O=C(NNc1ncnc(-n2nnc3ccccc32)c1[N+](=O)[O-])c1cccc(Cl)c1. The molecule has 2 aromatic carbocycles. The van der Waals surface area contributed by atoms with Crippen LogP contribution in [0.1, 0.15) is 10.4 Å². The number of carbonyl (C=O) groups excluding carboxylic acids is 1. The van der Waals surface area contributed by atoms with Gasteiger partial charge in [-0.25, -0.2) is 9.97 Å². The Morgan fingerprint density at radius 2 is 1.97 bits per heavy atom. The van der Waals surface area contributed by atoms with E-state index in [1.807, 2.05) is 0 Å². The first-order valence-electron chi connectivity index (χ1n) is 8.17. The predicted molar refractivity (Wildman–Crippen MR) is 104 cm³/mol. The highest BCUT2D eigenvalue weighted by Gasteiger charge is 2.26. The van der Waals surface area contributed by atoms with E-state index in [2.05, 4.69) is 31.1 Å². The molecule has 0 radical (unpaired) electrons. The van der Waals surface area contributed by atoms with Crippen LogP contribution in [0.2, 0.25) is 5.02 Å². The number of hydrogen-bond donors (Lipinski definition) is 2. The zero-order chi connectivity index (χ0) is 20.4. The minimum atomic E-state index is -0.667. The van der Waals surface area contributed by atoms with Crippen LogP contribution in [0.5, 0.6) is 0 Å². The normalized spacial score (nSPS) is 10.7. The van der Waals surface area contributed by atoms with Gasteiger partial charge in [0.1, 0.15) is 11.8 Å². The molecule has 0 fully saturated rings. The number of hydrogen-bond acceptors (Lipinski definition) is 8. The van der Waals surface area contributed by atoms with Crippen LogP contribution in [0.25, 0.3) is 16.9 Å². The number of nitrogens with one attached hydrogen (secondary N) is 2. The Morgan fingerprint density at radius 1 is 1.14 bits per heavy atom. The van der Waals surface area contributed by atoms with Gasteiger partial charge < -0.3 is 0 Å². The fourth-order valence-corrected chi connectivity index (χ4v) is 2.82. The Hall–Kier alpha value is -4.12. The van der Waals surface area contributed by atoms with E-state index in [1.54, 1.807) is 42.5 Å². The first kappa shape index (κ1) is 18.3. The van der Waals surface area contributed by atoms with Crippen LogP contribution in [0, 0.1) is 10.1 Å². The van der Waals surface area contributed by atoms with E-state index < -0.39 is 16.5 Å². The summed E-state index contributed by atoms with van der Waals surface area (Å²) in [4.78, 5) is 31.2. The van der Waals surface area contributed by atoms with Gasteiger partial charge in [0.15, 0.2) is 0 Å². The van der Waals surface area contributed by atoms with Gasteiger partial charge in [-0.1, -0.05) is 35.0 Å². The number of anilines is 1. The molecule has 11 nitrogen and oxygen atoms in total. The third kappa shape index (κ3) is 3.53. The fraction of sp³-hybridized carbons (Fsp3) is 0. The van der Waals surface area contributed by atoms with Crippen molar-refractivity contribution < 1.29 is 9.72 Å². The lowest BCUT2D eigenvalue weighted by molar-refractivity contribution is -0.384. The third-order valence-corrected chi connectivity index (χ3v) is 4.15. The van der Waals surface area contributed by atoms with Crippen molar-refractivity contribution >= 4 is 40.0 Å². The number of rotatable bonds is 5. The van der Waals surface area contributed by atoms with Gasteiger partial charge in [-0.05, 0) is 30.3 Å². The Kier molecular flexibility index (Phi) is 4.71. The Labute approximate surface area is 167 Å². The summed E-state index contributed by atoms with van der Waals surface area (Å²) in [6.07, 6.45) is 1.12. The Balaban J connectivity index is 1.69. The number of amides is 1. The van der Waals surface area contributed by atoms with Gasteiger partial charge >= 0.3 is 5.69 Å². The molecule has 2 N–H and O–H groups in total. The molecule has 0 bridgehead atoms. The van der Waals surface area contributed by atoms with Crippen molar-refractivity contribution in [2.45, 2.75) is 0 Å². The quantitative estimate of drug-likeness (QED) is 0.377. The van der Waals surface area contributed by atoms with Crippen molar-refractivity contribution in [1.29, 1.82) is 0 Å². The van der Waals surface area contributed by atoms with Crippen molar-refractivity contribution in [1.82, 2.24) is 30.4 Å². The van der Waals surface area contributed by atoms with E-state index in [0.29, 0.717) is 16.1 Å². The number of halogens is 1. The maximum Gasteiger partial charge on any atom is 0.357 e. The van der Waals surface area contributed by atoms with Crippen LogP contribution in [-0.4, -0.2) is 35.8 Å². The average molecular weight is 411 g/mol. The van der Waals surface area contributed by atoms with Crippen LogP contribution >= 0.6 is 11.6 Å². The fourth-order valence-electron chi connectivity index (χ4n) is 2.63. The average Bonchev–Trinajstić information content (AvgIpc) is 3.15. The molecular weight excluding hydrogens is 400 g/mol. The van der Waals surface area contributed by atoms with Gasteiger partial charge in [0.05, 0.1) is 10.4 Å². The number of nitrogens with zero attached hydrogens (tertiary/aromatic N) is 6. The number of benzene rings is 2. The molecule has 12 heteroatoms.